The molecule has 0 aliphatic heterocycles. The molecule has 0 aliphatic rings. The van der Waals surface area contributed by atoms with Gasteiger partial charge in [0.2, 0.25) is 0 Å². The fourth-order valence-corrected chi connectivity index (χ4v) is 2.44. The molecule has 9 heteroatoms. The van der Waals surface area contributed by atoms with E-state index < -0.39 is 23.3 Å². The highest BCUT2D eigenvalue weighted by Gasteiger charge is 2.27. The van der Waals surface area contributed by atoms with Crippen LogP contribution in [0.4, 0.5) is 0 Å². The first-order valence-electron chi connectivity index (χ1n) is 7.13. The SMILES string of the molecule is COC(=O)c1cc(O)cc(OC)c1Oc1c(Cl)c(C)cc(O)c1C(=O)O. The van der Waals surface area contributed by atoms with Crippen LogP contribution in [0.25, 0.3) is 0 Å². The second kappa shape index (κ2) is 7.40. The zero-order valence-electron chi connectivity index (χ0n) is 14.0. The molecule has 3 N–H and O–H groups in total. The molecular weight excluding hydrogens is 368 g/mol. The molecule has 0 saturated carbocycles. The fraction of sp³-hybridized carbons (Fsp3) is 0.176. The molecule has 0 aliphatic carbocycles. The van der Waals surface area contributed by atoms with Gasteiger partial charge in [-0.05, 0) is 24.6 Å². The Morgan fingerprint density at radius 3 is 2.27 bits per heavy atom. The molecule has 0 saturated heterocycles. The normalized spacial score (nSPS) is 10.3. The van der Waals surface area contributed by atoms with Gasteiger partial charge in [-0.1, -0.05) is 11.6 Å². The van der Waals surface area contributed by atoms with Crippen LogP contribution in [-0.2, 0) is 4.74 Å². The quantitative estimate of drug-likeness (QED) is 0.673. The van der Waals surface area contributed by atoms with Gasteiger partial charge in [0.15, 0.2) is 17.2 Å². The van der Waals surface area contributed by atoms with Crippen molar-refractivity contribution in [1.82, 2.24) is 0 Å². The minimum absolute atomic E-state index is 0.0706. The van der Waals surface area contributed by atoms with Crippen LogP contribution < -0.4 is 9.47 Å². The number of carbonyl (C=O) groups excluding carboxylic acids is 1. The molecule has 138 valence electrons. The van der Waals surface area contributed by atoms with Crippen LogP contribution in [-0.4, -0.2) is 41.5 Å². The molecule has 0 bridgehead atoms. The van der Waals surface area contributed by atoms with Crippen molar-refractivity contribution in [3.63, 3.8) is 0 Å². The number of phenols is 2. The van der Waals surface area contributed by atoms with Crippen LogP contribution in [0.1, 0.15) is 26.3 Å². The van der Waals surface area contributed by atoms with E-state index >= 15 is 0 Å². The van der Waals surface area contributed by atoms with Crippen molar-refractivity contribution >= 4 is 23.5 Å². The van der Waals surface area contributed by atoms with E-state index in [0.29, 0.717) is 5.56 Å². The molecule has 2 aromatic carbocycles. The number of ether oxygens (including phenoxy) is 3. The Labute approximate surface area is 153 Å². The van der Waals surface area contributed by atoms with Gasteiger partial charge in [0.1, 0.15) is 22.6 Å². The lowest BCUT2D eigenvalue weighted by Gasteiger charge is -2.18. The van der Waals surface area contributed by atoms with Crippen LogP contribution in [0.15, 0.2) is 18.2 Å². The van der Waals surface area contributed by atoms with E-state index in [2.05, 4.69) is 4.74 Å². The number of aromatic hydroxyl groups is 2. The highest BCUT2D eigenvalue weighted by atomic mass is 35.5. The largest absolute Gasteiger partial charge is 0.508 e. The lowest BCUT2D eigenvalue weighted by molar-refractivity contribution is 0.0596. The molecule has 0 amide bonds. The Bertz CT molecular complexity index is 891. The van der Waals surface area contributed by atoms with Gasteiger partial charge >= 0.3 is 11.9 Å². The van der Waals surface area contributed by atoms with Crippen LogP contribution in [0.3, 0.4) is 0 Å². The number of esters is 1. The maximum Gasteiger partial charge on any atom is 0.343 e. The summed E-state index contributed by atoms with van der Waals surface area (Å²) in [7, 11) is 2.38. The second-order valence-corrected chi connectivity index (χ2v) is 5.53. The molecule has 0 spiro atoms. The summed E-state index contributed by atoms with van der Waals surface area (Å²) < 4.78 is 15.3. The molecule has 26 heavy (non-hydrogen) atoms. The van der Waals surface area contributed by atoms with Gasteiger partial charge in [-0.25, -0.2) is 9.59 Å². The molecule has 0 unspecified atom stereocenters. The summed E-state index contributed by atoms with van der Waals surface area (Å²) >= 11 is 6.15. The third-order valence-corrected chi connectivity index (χ3v) is 3.93. The molecule has 0 fully saturated rings. The lowest BCUT2D eigenvalue weighted by atomic mass is 10.1. The first-order chi connectivity index (χ1) is 12.2. The maximum atomic E-state index is 12.0. The Morgan fingerprint density at radius 1 is 1.08 bits per heavy atom. The van der Waals surface area contributed by atoms with Crippen molar-refractivity contribution in [2.24, 2.45) is 0 Å². The number of aryl methyl sites for hydroxylation is 1. The van der Waals surface area contributed by atoms with Crippen LogP contribution in [0, 0.1) is 6.92 Å². The van der Waals surface area contributed by atoms with Gasteiger partial charge in [-0.15, -0.1) is 0 Å². The van der Waals surface area contributed by atoms with Crippen molar-refractivity contribution in [3.05, 3.63) is 39.9 Å². The zero-order valence-corrected chi connectivity index (χ0v) is 14.7. The average Bonchev–Trinajstić information content (AvgIpc) is 2.58. The average molecular weight is 383 g/mol. The summed E-state index contributed by atoms with van der Waals surface area (Å²) in [5, 5.41) is 29.0. The number of hydrogen-bond acceptors (Lipinski definition) is 7. The monoisotopic (exact) mass is 382 g/mol. The molecule has 2 aromatic rings. The summed E-state index contributed by atoms with van der Waals surface area (Å²) in [4.78, 5) is 23.5. The molecule has 2 rings (SSSR count). The van der Waals surface area contributed by atoms with Gasteiger partial charge < -0.3 is 29.5 Å². The first-order valence-corrected chi connectivity index (χ1v) is 7.51. The van der Waals surface area contributed by atoms with Crippen LogP contribution in [0.2, 0.25) is 5.02 Å². The number of benzene rings is 2. The number of phenolic OH excluding ortho intramolecular Hbond substituents is 1. The highest BCUT2D eigenvalue weighted by molar-refractivity contribution is 6.33. The number of rotatable bonds is 5. The molecule has 0 atom stereocenters. The summed E-state index contributed by atoms with van der Waals surface area (Å²) in [5.41, 5.74) is -0.467. The molecular formula is C17H15ClO8. The van der Waals surface area contributed by atoms with E-state index in [1.165, 1.54) is 20.1 Å². The Kier molecular flexibility index (Phi) is 5.47. The molecule has 0 heterocycles. The van der Waals surface area contributed by atoms with Crippen LogP contribution >= 0.6 is 11.6 Å². The Hall–Kier alpha value is -3.13. The van der Waals surface area contributed by atoms with Crippen molar-refractivity contribution in [3.8, 4) is 28.7 Å². The highest BCUT2D eigenvalue weighted by Crippen LogP contribution is 2.45. The fourth-order valence-electron chi connectivity index (χ4n) is 2.26. The van der Waals surface area contributed by atoms with Gasteiger partial charge in [-0.3, -0.25) is 0 Å². The number of aromatic carboxylic acids is 1. The van der Waals surface area contributed by atoms with E-state index in [1.54, 1.807) is 0 Å². The van der Waals surface area contributed by atoms with E-state index in [0.717, 1.165) is 19.2 Å². The second-order valence-electron chi connectivity index (χ2n) is 5.15. The molecule has 0 aromatic heterocycles. The number of carboxylic acid groups (broad SMARTS) is 1. The van der Waals surface area contributed by atoms with Gasteiger partial charge in [0.25, 0.3) is 0 Å². The lowest BCUT2D eigenvalue weighted by Crippen LogP contribution is -2.08. The van der Waals surface area contributed by atoms with Crippen LogP contribution in [0.5, 0.6) is 28.7 Å². The third kappa shape index (κ3) is 3.45. The summed E-state index contributed by atoms with van der Waals surface area (Å²) in [5.74, 6) is -3.90. The van der Waals surface area contributed by atoms with Crippen molar-refractivity contribution in [2.75, 3.05) is 14.2 Å². The maximum absolute atomic E-state index is 12.0. The predicted molar refractivity (Wildman–Crippen MR) is 90.9 cm³/mol. The summed E-state index contributed by atoms with van der Waals surface area (Å²) in [6, 6.07) is 3.40. The number of hydrogen-bond donors (Lipinski definition) is 3. The number of halogens is 1. The third-order valence-electron chi connectivity index (χ3n) is 3.46. The smallest absolute Gasteiger partial charge is 0.343 e. The van der Waals surface area contributed by atoms with Crippen molar-refractivity contribution in [1.29, 1.82) is 0 Å². The standard InChI is InChI=1S/C17H15ClO8/c1-7-4-10(20)12(16(21)22)15(13(7)18)26-14-9(17(23)25-3)5-8(19)6-11(14)24-2/h4-6,19-20H,1-3H3,(H,21,22). The zero-order chi connectivity index (χ0) is 19.6. The molecule has 8 nitrogen and oxygen atoms in total. The van der Waals surface area contributed by atoms with E-state index in [-0.39, 0.29) is 33.6 Å². The summed E-state index contributed by atoms with van der Waals surface area (Å²) in [6.45, 7) is 1.54. The summed E-state index contributed by atoms with van der Waals surface area (Å²) in [6.07, 6.45) is 0. The van der Waals surface area contributed by atoms with E-state index in [1.807, 2.05) is 0 Å². The Balaban J connectivity index is 2.77. The minimum atomic E-state index is -1.49. The van der Waals surface area contributed by atoms with Gasteiger partial charge in [0.05, 0.1) is 19.2 Å². The van der Waals surface area contributed by atoms with E-state index in [4.69, 9.17) is 21.1 Å². The number of carbonyl (C=O) groups is 2. The Morgan fingerprint density at radius 2 is 1.73 bits per heavy atom. The topological polar surface area (TPSA) is 123 Å². The van der Waals surface area contributed by atoms with E-state index in [9.17, 15) is 24.9 Å². The minimum Gasteiger partial charge on any atom is -0.508 e. The van der Waals surface area contributed by atoms with Gasteiger partial charge in [-0.2, -0.15) is 0 Å². The molecule has 0 radical (unpaired) electrons. The van der Waals surface area contributed by atoms with Gasteiger partial charge in [0, 0.05) is 6.07 Å². The number of carboxylic acids is 1. The first kappa shape index (κ1) is 19.2. The predicted octanol–water partition coefficient (Wildman–Crippen LogP) is 3.35. The van der Waals surface area contributed by atoms with Crippen molar-refractivity contribution in [2.45, 2.75) is 6.92 Å². The number of methoxy groups -OCH3 is 2. The van der Waals surface area contributed by atoms with Crippen molar-refractivity contribution < 1.29 is 39.1 Å².